The summed E-state index contributed by atoms with van der Waals surface area (Å²) in [6, 6.07) is 8.74. The predicted octanol–water partition coefficient (Wildman–Crippen LogP) is 5.03. The van der Waals surface area contributed by atoms with Crippen LogP contribution in [0.2, 0.25) is 0 Å². The lowest BCUT2D eigenvalue weighted by Crippen LogP contribution is -2.59. The number of nitrogens with zero attached hydrogens (tertiary/aromatic N) is 4. The van der Waals surface area contributed by atoms with Crippen molar-refractivity contribution in [2.75, 3.05) is 31.3 Å². The standard InChI is InChI=1S/C26H31F3N6O/c1-35(2)22-18-7-16-8-19(22)11-25(9-16,10-18)15-33-23-20(12-30)14-32-24(34-23)31-13-17-5-3-4-6-21(17)36-26(27,28)29/h3-6,14,16,18-19,22H,7-11,13,15H2,1-2H3,(H2,31,32,33,34)/t16?,18-,19+,22-,25+. The van der Waals surface area contributed by atoms with Crippen LogP contribution in [0, 0.1) is 34.5 Å². The zero-order chi connectivity index (χ0) is 25.5. The first-order chi connectivity index (χ1) is 17.1. The fourth-order valence-corrected chi connectivity index (χ4v) is 7.23. The summed E-state index contributed by atoms with van der Waals surface area (Å²) in [7, 11) is 4.39. The van der Waals surface area contributed by atoms with Crippen molar-refractivity contribution < 1.29 is 17.9 Å². The maximum Gasteiger partial charge on any atom is 0.573 e. The van der Waals surface area contributed by atoms with Gasteiger partial charge in [-0.2, -0.15) is 10.2 Å². The Labute approximate surface area is 209 Å². The van der Waals surface area contributed by atoms with Crippen molar-refractivity contribution in [1.82, 2.24) is 14.9 Å². The number of nitrogens with one attached hydrogen (secondary N) is 2. The van der Waals surface area contributed by atoms with Gasteiger partial charge in [-0.05, 0) is 75.4 Å². The molecule has 4 bridgehead atoms. The van der Waals surface area contributed by atoms with Crippen molar-refractivity contribution in [3.8, 4) is 11.8 Å². The van der Waals surface area contributed by atoms with Crippen LogP contribution in [0.15, 0.2) is 30.5 Å². The van der Waals surface area contributed by atoms with Gasteiger partial charge >= 0.3 is 6.36 Å². The molecular weight excluding hydrogens is 469 g/mol. The van der Waals surface area contributed by atoms with Gasteiger partial charge in [-0.25, -0.2) is 4.98 Å². The minimum absolute atomic E-state index is 0.0402. The lowest BCUT2D eigenvalue weighted by molar-refractivity contribution is -0.274. The lowest BCUT2D eigenvalue weighted by Gasteiger charge is -2.61. The van der Waals surface area contributed by atoms with Crippen LogP contribution in [-0.4, -0.2) is 47.9 Å². The number of benzene rings is 1. The van der Waals surface area contributed by atoms with Crippen LogP contribution >= 0.6 is 0 Å². The first-order valence-electron chi connectivity index (χ1n) is 12.4. The van der Waals surface area contributed by atoms with E-state index in [4.69, 9.17) is 0 Å². The Morgan fingerprint density at radius 2 is 1.86 bits per heavy atom. The van der Waals surface area contributed by atoms with Gasteiger partial charge < -0.3 is 20.3 Å². The van der Waals surface area contributed by atoms with E-state index in [1.807, 2.05) is 0 Å². The van der Waals surface area contributed by atoms with Crippen molar-refractivity contribution >= 4 is 11.8 Å². The monoisotopic (exact) mass is 500 g/mol. The van der Waals surface area contributed by atoms with Gasteiger partial charge in [0, 0.05) is 24.7 Å². The number of aromatic nitrogens is 2. The van der Waals surface area contributed by atoms with E-state index in [1.165, 1.54) is 50.4 Å². The second-order valence-electron chi connectivity index (χ2n) is 10.9. The molecule has 192 valence electrons. The normalized spacial score (nSPS) is 28.7. The molecule has 2 N–H and O–H groups in total. The molecule has 4 saturated carbocycles. The van der Waals surface area contributed by atoms with Crippen LogP contribution in [0.4, 0.5) is 24.9 Å². The SMILES string of the molecule is CN(C)[C@@H]1[C@@H]2CC3C[C@H]1C[C@](CNc1nc(NCc4ccccc4OC(F)(F)F)ncc1C#N)(C3)C2. The van der Waals surface area contributed by atoms with Crippen LogP contribution in [0.3, 0.4) is 0 Å². The van der Waals surface area contributed by atoms with Crippen LogP contribution in [0.1, 0.15) is 43.2 Å². The van der Waals surface area contributed by atoms with Gasteiger partial charge in [-0.3, -0.25) is 0 Å². The van der Waals surface area contributed by atoms with Crippen LogP contribution in [-0.2, 0) is 6.54 Å². The number of alkyl halides is 3. The highest BCUT2D eigenvalue weighted by atomic mass is 19.4. The number of nitriles is 1. The zero-order valence-electron chi connectivity index (χ0n) is 20.5. The number of halogens is 3. The number of rotatable bonds is 8. The summed E-state index contributed by atoms with van der Waals surface area (Å²) < 4.78 is 42.3. The molecule has 4 aliphatic carbocycles. The van der Waals surface area contributed by atoms with E-state index in [2.05, 4.69) is 50.4 Å². The van der Waals surface area contributed by atoms with E-state index in [0.717, 1.165) is 12.5 Å². The second kappa shape index (κ2) is 9.43. The highest BCUT2D eigenvalue weighted by Crippen LogP contribution is 2.60. The molecule has 1 heterocycles. The van der Waals surface area contributed by atoms with Gasteiger partial charge in [-0.15, -0.1) is 13.2 Å². The van der Waals surface area contributed by atoms with Crippen molar-refractivity contribution in [2.24, 2.45) is 23.2 Å². The molecule has 0 radical (unpaired) electrons. The average molecular weight is 501 g/mol. The number of para-hydroxylation sites is 1. The molecule has 10 heteroatoms. The third kappa shape index (κ3) is 5.07. The summed E-state index contributed by atoms with van der Waals surface area (Å²) in [4.78, 5) is 11.1. The third-order valence-corrected chi connectivity index (χ3v) is 8.12. The maximum atomic E-state index is 12.7. The van der Waals surface area contributed by atoms with Crippen molar-refractivity contribution in [2.45, 2.75) is 51.1 Å². The fourth-order valence-electron chi connectivity index (χ4n) is 7.23. The van der Waals surface area contributed by atoms with Crippen LogP contribution < -0.4 is 15.4 Å². The molecule has 6 rings (SSSR count). The molecule has 36 heavy (non-hydrogen) atoms. The van der Waals surface area contributed by atoms with E-state index < -0.39 is 6.36 Å². The smallest absolute Gasteiger partial charge is 0.405 e. The third-order valence-electron chi connectivity index (χ3n) is 8.12. The zero-order valence-corrected chi connectivity index (χ0v) is 20.5. The molecule has 5 atom stereocenters. The van der Waals surface area contributed by atoms with E-state index in [1.54, 1.807) is 12.1 Å². The summed E-state index contributed by atoms with van der Waals surface area (Å²) >= 11 is 0. The van der Waals surface area contributed by atoms with E-state index in [9.17, 15) is 18.4 Å². The molecule has 1 aromatic carbocycles. The van der Waals surface area contributed by atoms with Gasteiger partial charge in [0.25, 0.3) is 0 Å². The van der Waals surface area contributed by atoms with Crippen molar-refractivity contribution in [1.29, 1.82) is 5.26 Å². The van der Waals surface area contributed by atoms with Gasteiger partial charge in [0.05, 0.1) is 6.20 Å². The summed E-state index contributed by atoms with van der Waals surface area (Å²) in [5.41, 5.74) is 0.876. The van der Waals surface area contributed by atoms with Crippen LogP contribution in [0.25, 0.3) is 0 Å². The molecule has 1 unspecified atom stereocenters. The molecule has 1 aromatic heterocycles. The fraction of sp³-hybridized carbons (Fsp3) is 0.577. The van der Waals surface area contributed by atoms with Gasteiger partial charge in [0.15, 0.2) is 0 Å². The molecular formula is C26H31F3N6O. The van der Waals surface area contributed by atoms with E-state index in [0.29, 0.717) is 34.8 Å². The molecule has 0 spiro atoms. The minimum Gasteiger partial charge on any atom is -0.405 e. The highest BCUT2D eigenvalue weighted by Gasteiger charge is 2.55. The number of ether oxygens (including phenoxy) is 1. The molecule has 0 amide bonds. The van der Waals surface area contributed by atoms with E-state index >= 15 is 0 Å². The first-order valence-corrected chi connectivity index (χ1v) is 12.4. The molecule has 4 aliphatic rings. The Bertz CT molecular complexity index is 1130. The first kappa shape index (κ1) is 24.6. The Kier molecular flexibility index (Phi) is 6.45. The highest BCUT2D eigenvalue weighted by molar-refractivity contribution is 5.53. The molecule has 4 fully saturated rings. The number of anilines is 2. The van der Waals surface area contributed by atoms with Crippen LogP contribution in [0.5, 0.6) is 5.75 Å². The summed E-state index contributed by atoms with van der Waals surface area (Å²) in [6.45, 7) is 0.794. The molecule has 7 nitrogen and oxygen atoms in total. The Morgan fingerprint density at radius 1 is 1.14 bits per heavy atom. The van der Waals surface area contributed by atoms with Gasteiger partial charge in [-0.1, -0.05) is 18.2 Å². The Morgan fingerprint density at radius 3 is 2.53 bits per heavy atom. The topological polar surface area (TPSA) is 86.1 Å². The van der Waals surface area contributed by atoms with E-state index in [-0.39, 0.29) is 23.7 Å². The van der Waals surface area contributed by atoms with Gasteiger partial charge in [0.1, 0.15) is 23.2 Å². The number of hydrogen-bond donors (Lipinski definition) is 2. The lowest BCUT2D eigenvalue weighted by atomic mass is 9.47. The maximum absolute atomic E-state index is 12.7. The molecule has 2 aromatic rings. The summed E-state index contributed by atoms with van der Waals surface area (Å²) in [5, 5.41) is 16.0. The predicted molar refractivity (Wildman–Crippen MR) is 129 cm³/mol. The summed E-state index contributed by atoms with van der Waals surface area (Å²) in [6.07, 6.45) is 2.87. The Balaban J connectivity index is 1.27. The second-order valence-corrected chi connectivity index (χ2v) is 10.9. The van der Waals surface area contributed by atoms with Crippen molar-refractivity contribution in [3.05, 3.63) is 41.6 Å². The quantitative estimate of drug-likeness (QED) is 0.526. The molecule has 0 saturated heterocycles. The Hall–Kier alpha value is -3.06. The van der Waals surface area contributed by atoms with Crippen molar-refractivity contribution in [3.63, 3.8) is 0 Å². The minimum atomic E-state index is -4.78. The van der Waals surface area contributed by atoms with Gasteiger partial charge in [0.2, 0.25) is 5.95 Å². The summed E-state index contributed by atoms with van der Waals surface area (Å²) in [5.74, 6) is 2.61. The largest absolute Gasteiger partial charge is 0.573 e. The number of hydrogen-bond acceptors (Lipinski definition) is 7. The molecule has 0 aliphatic heterocycles. The average Bonchev–Trinajstić information content (AvgIpc) is 2.80.